The van der Waals surface area contributed by atoms with Gasteiger partial charge in [-0.2, -0.15) is 0 Å². The van der Waals surface area contributed by atoms with E-state index in [2.05, 4.69) is 130 Å². The molecule has 0 aromatic heterocycles. The van der Waals surface area contributed by atoms with E-state index in [4.69, 9.17) is 14.2 Å². The van der Waals surface area contributed by atoms with Crippen molar-refractivity contribution in [1.82, 2.24) is 0 Å². The molecule has 0 fully saturated rings. The first kappa shape index (κ1) is 66.1. The van der Waals surface area contributed by atoms with Gasteiger partial charge in [0, 0.05) is 19.3 Å². The maximum Gasteiger partial charge on any atom is 0.306 e. The zero-order valence-corrected chi connectivity index (χ0v) is 45.5. The maximum absolute atomic E-state index is 12.8. The van der Waals surface area contributed by atoms with Gasteiger partial charge in [0.05, 0.1) is 0 Å². The first-order chi connectivity index (χ1) is 34.5. The van der Waals surface area contributed by atoms with Crippen molar-refractivity contribution in [3.63, 3.8) is 0 Å². The summed E-state index contributed by atoms with van der Waals surface area (Å²) in [5.74, 6) is -0.957. The molecular weight excluding hydrogens is 865 g/mol. The molecule has 0 aliphatic heterocycles. The van der Waals surface area contributed by atoms with Crippen LogP contribution in [-0.4, -0.2) is 37.2 Å². The van der Waals surface area contributed by atoms with Crippen LogP contribution in [0.15, 0.2) is 109 Å². The summed E-state index contributed by atoms with van der Waals surface area (Å²) < 4.78 is 16.8. The van der Waals surface area contributed by atoms with E-state index >= 15 is 0 Å². The molecule has 1 atom stereocenters. The molecule has 1 unspecified atom stereocenters. The van der Waals surface area contributed by atoms with Crippen LogP contribution >= 0.6 is 0 Å². The highest BCUT2D eigenvalue weighted by atomic mass is 16.6. The summed E-state index contributed by atoms with van der Waals surface area (Å²) in [5, 5.41) is 0. The number of hydrogen-bond acceptors (Lipinski definition) is 6. The van der Waals surface area contributed by atoms with E-state index in [1.54, 1.807) is 0 Å². The lowest BCUT2D eigenvalue weighted by Gasteiger charge is -2.18. The minimum absolute atomic E-state index is 0.0937. The van der Waals surface area contributed by atoms with Gasteiger partial charge in [-0.05, 0) is 83.5 Å². The van der Waals surface area contributed by atoms with Gasteiger partial charge in [0.15, 0.2) is 6.10 Å². The van der Waals surface area contributed by atoms with Gasteiger partial charge in [-0.15, -0.1) is 0 Å². The van der Waals surface area contributed by atoms with Gasteiger partial charge in [-0.1, -0.05) is 265 Å². The van der Waals surface area contributed by atoms with Crippen molar-refractivity contribution >= 4 is 17.9 Å². The van der Waals surface area contributed by atoms with E-state index in [1.165, 1.54) is 109 Å². The highest BCUT2D eigenvalue weighted by molar-refractivity contribution is 5.71. The SMILES string of the molecule is CC/C=C\C/C=C\C/C=C\C/C=C\C/C=C\C/C=C\C/C=C\C/C=C\C/C=C\CCCC(=O)OCC(COC(=O)CCCCCCCCCCC)OC(=O)CCCCCCCCCCCCCCCC. The lowest BCUT2D eigenvalue weighted by molar-refractivity contribution is -0.167. The fourth-order valence-corrected chi connectivity index (χ4v) is 7.74. The molecule has 0 bridgehead atoms. The van der Waals surface area contributed by atoms with E-state index in [-0.39, 0.29) is 37.5 Å². The average molecular weight is 972 g/mol. The molecule has 0 radical (unpaired) electrons. The summed E-state index contributed by atoms with van der Waals surface area (Å²) in [5.41, 5.74) is 0. The Kier molecular flexibility index (Phi) is 54.4. The topological polar surface area (TPSA) is 78.9 Å². The van der Waals surface area contributed by atoms with Gasteiger partial charge in [-0.3, -0.25) is 14.4 Å². The molecule has 0 heterocycles. The van der Waals surface area contributed by atoms with Crippen LogP contribution in [0.1, 0.15) is 258 Å². The normalized spacial score (nSPS) is 12.9. The molecule has 0 N–H and O–H groups in total. The molecule has 0 saturated carbocycles. The number of rotatable bonds is 51. The number of hydrogen-bond donors (Lipinski definition) is 0. The second kappa shape index (κ2) is 57.6. The number of esters is 3. The van der Waals surface area contributed by atoms with Crippen molar-refractivity contribution in [1.29, 1.82) is 0 Å². The van der Waals surface area contributed by atoms with Crippen LogP contribution in [0.25, 0.3) is 0 Å². The van der Waals surface area contributed by atoms with E-state index in [9.17, 15) is 14.4 Å². The zero-order chi connectivity index (χ0) is 50.7. The summed E-state index contributed by atoms with van der Waals surface area (Å²) in [6.45, 7) is 6.46. The van der Waals surface area contributed by atoms with Crippen molar-refractivity contribution in [2.75, 3.05) is 13.2 Å². The molecule has 70 heavy (non-hydrogen) atoms. The Morgan fingerprint density at radius 3 is 0.871 bits per heavy atom. The van der Waals surface area contributed by atoms with E-state index in [0.29, 0.717) is 19.3 Å². The first-order valence-corrected chi connectivity index (χ1v) is 28.9. The molecule has 0 aliphatic rings. The molecule has 0 amide bonds. The van der Waals surface area contributed by atoms with Gasteiger partial charge >= 0.3 is 17.9 Å². The summed E-state index contributed by atoms with van der Waals surface area (Å²) >= 11 is 0. The van der Waals surface area contributed by atoms with Gasteiger partial charge < -0.3 is 14.2 Å². The molecule has 0 saturated heterocycles. The first-order valence-electron chi connectivity index (χ1n) is 28.9. The van der Waals surface area contributed by atoms with Crippen LogP contribution in [0.5, 0.6) is 0 Å². The number of carbonyl (C=O) groups excluding carboxylic acids is 3. The Balaban J connectivity index is 4.34. The molecule has 0 aromatic rings. The lowest BCUT2D eigenvalue weighted by atomic mass is 10.0. The van der Waals surface area contributed by atoms with Crippen LogP contribution in [0.3, 0.4) is 0 Å². The Bertz CT molecular complexity index is 1440. The number of unbranched alkanes of at least 4 members (excludes halogenated alkanes) is 22. The fourth-order valence-electron chi connectivity index (χ4n) is 7.74. The average Bonchev–Trinajstić information content (AvgIpc) is 3.36. The minimum Gasteiger partial charge on any atom is -0.462 e. The van der Waals surface area contributed by atoms with Crippen LogP contribution in [0.2, 0.25) is 0 Å². The van der Waals surface area contributed by atoms with Crippen LogP contribution in [0.4, 0.5) is 0 Å². The standard InChI is InChI=1S/C64H106O6/c1-4-7-10-13-16-19-21-23-25-26-27-28-29-30-31-32-33-34-35-36-37-38-39-41-42-45-48-51-54-57-63(66)69-60-61(59-68-62(65)56-53-50-47-44-18-15-12-9-6-3)70-64(67)58-55-52-49-46-43-40-24-22-20-17-14-11-8-5-2/h7,10,16,19,23,25,27-28,30-31,33-34,36-37,39,41,45,48,61H,4-6,8-9,11-15,17-18,20-22,24,26,29,32,35,38,40,42-44,46-47,49-60H2,1-3H3/b10-7-,19-16-,25-23-,28-27-,31-30-,34-33-,37-36-,41-39-,48-45-. The third kappa shape index (κ3) is 55.0. The molecule has 0 aromatic carbocycles. The van der Waals surface area contributed by atoms with E-state index < -0.39 is 6.10 Å². The summed E-state index contributed by atoms with van der Waals surface area (Å²) in [4.78, 5) is 38.0. The van der Waals surface area contributed by atoms with Crippen LogP contribution in [-0.2, 0) is 28.6 Å². The van der Waals surface area contributed by atoms with Gasteiger partial charge in [0.25, 0.3) is 0 Å². The third-order valence-electron chi connectivity index (χ3n) is 12.0. The molecule has 6 nitrogen and oxygen atoms in total. The minimum atomic E-state index is -0.798. The van der Waals surface area contributed by atoms with Gasteiger partial charge in [-0.25, -0.2) is 0 Å². The Hall–Kier alpha value is -3.93. The van der Waals surface area contributed by atoms with Crippen LogP contribution in [0, 0.1) is 0 Å². The Morgan fingerprint density at radius 2 is 0.557 bits per heavy atom. The van der Waals surface area contributed by atoms with Crippen molar-refractivity contribution in [3.8, 4) is 0 Å². The van der Waals surface area contributed by atoms with Gasteiger partial charge in [0.2, 0.25) is 0 Å². The second-order valence-corrected chi connectivity index (χ2v) is 18.8. The summed E-state index contributed by atoms with van der Waals surface area (Å²) in [6, 6.07) is 0. The molecule has 0 spiro atoms. The second-order valence-electron chi connectivity index (χ2n) is 18.8. The third-order valence-corrected chi connectivity index (χ3v) is 12.0. The van der Waals surface area contributed by atoms with Crippen molar-refractivity contribution < 1.29 is 28.6 Å². The van der Waals surface area contributed by atoms with E-state index in [1.807, 2.05) is 0 Å². The molecule has 6 heteroatoms. The quantitative estimate of drug-likeness (QED) is 0.0262. The van der Waals surface area contributed by atoms with Crippen molar-refractivity contribution in [2.24, 2.45) is 0 Å². The smallest absolute Gasteiger partial charge is 0.306 e. The number of ether oxygens (including phenoxy) is 3. The summed E-state index contributed by atoms with van der Waals surface area (Å²) in [7, 11) is 0. The summed E-state index contributed by atoms with van der Waals surface area (Å²) in [6.07, 6.45) is 78.1. The zero-order valence-electron chi connectivity index (χ0n) is 45.5. The van der Waals surface area contributed by atoms with Gasteiger partial charge in [0.1, 0.15) is 13.2 Å². The predicted octanol–water partition coefficient (Wildman–Crippen LogP) is 19.5. The fraction of sp³-hybridized carbons (Fsp3) is 0.672. The number of carbonyl (C=O) groups is 3. The Labute approximate surface area is 431 Å². The lowest BCUT2D eigenvalue weighted by Crippen LogP contribution is -2.30. The van der Waals surface area contributed by atoms with Crippen molar-refractivity contribution in [3.05, 3.63) is 109 Å². The number of allylic oxidation sites excluding steroid dienone is 18. The van der Waals surface area contributed by atoms with E-state index in [0.717, 1.165) is 103 Å². The largest absolute Gasteiger partial charge is 0.462 e. The molecule has 398 valence electrons. The van der Waals surface area contributed by atoms with Crippen LogP contribution < -0.4 is 0 Å². The molecular formula is C64H106O6. The molecule has 0 aliphatic carbocycles. The highest BCUT2D eigenvalue weighted by Gasteiger charge is 2.19. The predicted molar refractivity (Wildman–Crippen MR) is 302 cm³/mol. The monoisotopic (exact) mass is 971 g/mol. The molecule has 0 rings (SSSR count). The maximum atomic E-state index is 12.8. The van der Waals surface area contributed by atoms with Crippen molar-refractivity contribution in [2.45, 2.75) is 264 Å². The Morgan fingerprint density at radius 1 is 0.300 bits per heavy atom. The highest BCUT2D eigenvalue weighted by Crippen LogP contribution is 2.15.